The smallest absolute Gasteiger partial charge is 0.416 e. The number of thiophene rings is 1. The van der Waals surface area contributed by atoms with E-state index in [1.165, 1.54) is 17.4 Å². The molecule has 0 aliphatic carbocycles. The Morgan fingerprint density at radius 2 is 1.76 bits per heavy atom. The summed E-state index contributed by atoms with van der Waals surface area (Å²) in [5.41, 5.74) is -0.911. The number of carbonyl (C=O) groups is 1. The van der Waals surface area contributed by atoms with E-state index in [9.17, 15) is 18.0 Å². The van der Waals surface area contributed by atoms with Crippen LogP contribution in [0.5, 0.6) is 11.5 Å². The van der Waals surface area contributed by atoms with E-state index in [-0.39, 0.29) is 11.4 Å². The molecule has 0 aliphatic heterocycles. The fraction of sp³-hybridized carbons (Fsp3) is 0.0556. The highest BCUT2D eigenvalue weighted by Crippen LogP contribution is 2.37. The first kappa shape index (κ1) is 17.0. The summed E-state index contributed by atoms with van der Waals surface area (Å²) in [5, 5.41) is 4.20. The van der Waals surface area contributed by atoms with Crippen LogP contribution in [0.25, 0.3) is 0 Å². The van der Waals surface area contributed by atoms with E-state index in [0.717, 1.165) is 12.1 Å². The van der Waals surface area contributed by atoms with Gasteiger partial charge in [0.1, 0.15) is 5.75 Å². The second-order valence-electron chi connectivity index (χ2n) is 5.06. The van der Waals surface area contributed by atoms with Gasteiger partial charge in [-0.05, 0) is 41.8 Å². The molecule has 1 heterocycles. The molecule has 0 unspecified atom stereocenters. The summed E-state index contributed by atoms with van der Waals surface area (Å²) in [7, 11) is 0. The molecular weight excluding hydrogens is 351 g/mol. The molecule has 0 aliphatic rings. The Bertz CT molecular complexity index is 862. The molecule has 3 nitrogen and oxygen atoms in total. The fourth-order valence-corrected chi connectivity index (χ4v) is 2.72. The standard InChI is InChI=1S/C18H12F3NO2S/c19-18(20,21)12-8-9-15(24-13-5-2-1-3-6-13)14(11-12)22-17(23)16-7-4-10-25-16/h1-11H,(H,22,23). The molecule has 2 aromatic carbocycles. The van der Waals surface area contributed by atoms with Crippen LogP contribution in [-0.4, -0.2) is 5.91 Å². The maximum absolute atomic E-state index is 13.0. The minimum atomic E-state index is -4.52. The van der Waals surface area contributed by atoms with Crippen LogP contribution in [0.3, 0.4) is 0 Å². The van der Waals surface area contributed by atoms with Crippen molar-refractivity contribution in [1.82, 2.24) is 0 Å². The van der Waals surface area contributed by atoms with Crippen molar-refractivity contribution in [2.24, 2.45) is 0 Å². The van der Waals surface area contributed by atoms with E-state index in [1.54, 1.807) is 47.8 Å². The van der Waals surface area contributed by atoms with E-state index >= 15 is 0 Å². The Kier molecular flexibility index (Phi) is 4.76. The van der Waals surface area contributed by atoms with Crippen molar-refractivity contribution in [2.75, 3.05) is 5.32 Å². The number of hydrogen-bond acceptors (Lipinski definition) is 3. The first-order valence-electron chi connectivity index (χ1n) is 7.22. The number of para-hydroxylation sites is 1. The first-order chi connectivity index (χ1) is 11.9. The number of rotatable bonds is 4. The number of hydrogen-bond donors (Lipinski definition) is 1. The zero-order valence-electron chi connectivity index (χ0n) is 12.7. The highest BCUT2D eigenvalue weighted by molar-refractivity contribution is 7.12. The van der Waals surface area contributed by atoms with Crippen LogP contribution < -0.4 is 10.1 Å². The van der Waals surface area contributed by atoms with Crippen molar-refractivity contribution < 1.29 is 22.7 Å². The van der Waals surface area contributed by atoms with Crippen molar-refractivity contribution in [3.63, 3.8) is 0 Å². The third kappa shape index (κ3) is 4.19. The van der Waals surface area contributed by atoms with E-state index in [2.05, 4.69) is 5.32 Å². The van der Waals surface area contributed by atoms with Gasteiger partial charge in [0.25, 0.3) is 5.91 Å². The second-order valence-corrected chi connectivity index (χ2v) is 6.00. The summed E-state index contributed by atoms with van der Waals surface area (Å²) >= 11 is 1.19. The summed E-state index contributed by atoms with van der Waals surface area (Å²) in [4.78, 5) is 12.6. The molecule has 1 aromatic heterocycles. The topological polar surface area (TPSA) is 38.3 Å². The van der Waals surface area contributed by atoms with Crippen molar-refractivity contribution in [2.45, 2.75) is 6.18 Å². The Morgan fingerprint density at radius 1 is 1.00 bits per heavy atom. The molecule has 3 aromatic rings. The maximum Gasteiger partial charge on any atom is 0.416 e. The molecule has 7 heteroatoms. The molecule has 0 radical (unpaired) electrons. The number of alkyl halides is 3. The number of ether oxygens (including phenoxy) is 1. The van der Waals surface area contributed by atoms with Gasteiger partial charge in [0.05, 0.1) is 16.1 Å². The fourth-order valence-electron chi connectivity index (χ4n) is 2.10. The summed E-state index contributed by atoms with van der Waals surface area (Å²) < 4.78 is 44.6. The third-order valence-corrected chi connectivity index (χ3v) is 4.14. The summed E-state index contributed by atoms with van der Waals surface area (Å²) in [6.07, 6.45) is -4.52. The van der Waals surface area contributed by atoms with Crippen LogP contribution in [0.2, 0.25) is 0 Å². The molecule has 0 atom stereocenters. The Balaban J connectivity index is 1.94. The summed E-state index contributed by atoms with van der Waals surface area (Å²) in [6.45, 7) is 0. The molecule has 0 fully saturated rings. The molecule has 3 rings (SSSR count). The number of carbonyl (C=O) groups excluding carboxylic acids is 1. The minimum Gasteiger partial charge on any atom is -0.455 e. The van der Waals surface area contributed by atoms with Gasteiger partial charge in [0.15, 0.2) is 5.75 Å². The van der Waals surface area contributed by atoms with Crippen molar-refractivity contribution >= 4 is 22.9 Å². The van der Waals surface area contributed by atoms with E-state index in [1.807, 2.05) is 0 Å². The predicted octanol–water partition coefficient (Wildman–Crippen LogP) is 5.81. The molecule has 0 bridgehead atoms. The Morgan fingerprint density at radius 3 is 2.40 bits per heavy atom. The predicted molar refractivity (Wildman–Crippen MR) is 90.2 cm³/mol. The van der Waals surface area contributed by atoms with Gasteiger partial charge in [-0.3, -0.25) is 4.79 Å². The lowest BCUT2D eigenvalue weighted by atomic mass is 10.1. The SMILES string of the molecule is O=C(Nc1cc(C(F)(F)F)ccc1Oc1ccccc1)c1cccs1. The second kappa shape index (κ2) is 6.98. The van der Waals surface area contributed by atoms with Crippen molar-refractivity contribution in [3.05, 3.63) is 76.5 Å². The van der Waals surface area contributed by atoms with Crippen LogP contribution in [0, 0.1) is 0 Å². The summed E-state index contributed by atoms with van der Waals surface area (Å²) in [5.74, 6) is 0.0882. The minimum absolute atomic E-state index is 0.0444. The third-order valence-electron chi connectivity index (χ3n) is 3.27. The number of benzene rings is 2. The molecular formula is C18H12F3NO2S. The lowest BCUT2D eigenvalue weighted by Crippen LogP contribution is -2.13. The molecule has 0 saturated heterocycles. The normalized spacial score (nSPS) is 11.2. The average molecular weight is 363 g/mol. The van der Waals surface area contributed by atoms with E-state index in [0.29, 0.717) is 10.6 Å². The van der Waals surface area contributed by atoms with E-state index < -0.39 is 17.6 Å². The van der Waals surface area contributed by atoms with Gasteiger partial charge in [0, 0.05) is 0 Å². The zero-order valence-corrected chi connectivity index (χ0v) is 13.5. The van der Waals surface area contributed by atoms with Crippen LogP contribution >= 0.6 is 11.3 Å². The Labute approximate surface area is 145 Å². The van der Waals surface area contributed by atoms with Gasteiger partial charge in [0.2, 0.25) is 0 Å². The average Bonchev–Trinajstić information content (AvgIpc) is 3.11. The van der Waals surface area contributed by atoms with Gasteiger partial charge in [-0.2, -0.15) is 13.2 Å². The maximum atomic E-state index is 13.0. The quantitative estimate of drug-likeness (QED) is 0.635. The van der Waals surface area contributed by atoms with E-state index in [4.69, 9.17) is 4.74 Å². The highest BCUT2D eigenvalue weighted by Gasteiger charge is 2.31. The summed E-state index contributed by atoms with van der Waals surface area (Å²) in [6, 6.07) is 14.9. The lowest BCUT2D eigenvalue weighted by Gasteiger charge is -2.15. The monoisotopic (exact) mass is 363 g/mol. The van der Waals surface area contributed by atoms with Gasteiger partial charge < -0.3 is 10.1 Å². The van der Waals surface area contributed by atoms with Gasteiger partial charge in [-0.15, -0.1) is 11.3 Å². The van der Waals surface area contributed by atoms with Crippen LogP contribution in [0.1, 0.15) is 15.2 Å². The van der Waals surface area contributed by atoms with Gasteiger partial charge in [-0.25, -0.2) is 0 Å². The highest BCUT2D eigenvalue weighted by atomic mass is 32.1. The van der Waals surface area contributed by atoms with Crippen LogP contribution in [0.4, 0.5) is 18.9 Å². The molecule has 1 amide bonds. The first-order valence-corrected chi connectivity index (χ1v) is 8.10. The zero-order chi connectivity index (χ0) is 17.9. The number of nitrogens with one attached hydrogen (secondary N) is 1. The van der Waals surface area contributed by atoms with Crippen LogP contribution in [-0.2, 0) is 6.18 Å². The number of amides is 1. The van der Waals surface area contributed by atoms with Crippen LogP contribution in [0.15, 0.2) is 66.0 Å². The van der Waals surface area contributed by atoms with Gasteiger partial charge >= 0.3 is 6.18 Å². The molecule has 25 heavy (non-hydrogen) atoms. The largest absolute Gasteiger partial charge is 0.455 e. The van der Waals surface area contributed by atoms with Gasteiger partial charge in [-0.1, -0.05) is 24.3 Å². The molecule has 0 saturated carbocycles. The molecule has 128 valence electrons. The van der Waals surface area contributed by atoms with Crippen molar-refractivity contribution in [1.29, 1.82) is 0 Å². The van der Waals surface area contributed by atoms with Crippen molar-refractivity contribution in [3.8, 4) is 11.5 Å². The lowest BCUT2D eigenvalue weighted by molar-refractivity contribution is -0.137. The number of halogens is 3. The molecule has 1 N–H and O–H groups in total. The molecule has 0 spiro atoms. The number of anilines is 1. The Hall–Kier alpha value is -2.80.